The molecule has 0 fully saturated rings. The van der Waals surface area contributed by atoms with Crippen LogP contribution in [-0.2, 0) is 0 Å². The van der Waals surface area contributed by atoms with Gasteiger partial charge in [-0.3, -0.25) is 15.1 Å². The molecule has 4 aromatic rings. The van der Waals surface area contributed by atoms with Crippen LogP contribution in [0.3, 0.4) is 0 Å². The quantitative estimate of drug-likeness (QED) is 0.389. The summed E-state index contributed by atoms with van der Waals surface area (Å²) in [6.45, 7) is 2.04. The highest BCUT2D eigenvalue weighted by atomic mass is 16.6. The molecule has 0 aliphatic carbocycles. The average molecular weight is 358 g/mol. The molecule has 0 amide bonds. The van der Waals surface area contributed by atoms with Crippen LogP contribution in [-0.4, -0.2) is 14.9 Å². The predicted molar refractivity (Wildman–Crippen MR) is 106 cm³/mol. The van der Waals surface area contributed by atoms with Crippen molar-refractivity contribution in [2.75, 3.05) is 5.32 Å². The van der Waals surface area contributed by atoms with Crippen LogP contribution in [0.15, 0.2) is 73.1 Å². The van der Waals surface area contributed by atoms with Gasteiger partial charge in [0.1, 0.15) is 0 Å². The van der Waals surface area contributed by atoms with E-state index >= 15 is 0 Å². The summed E-state index contributed by atoms with van der Waals surface area (Å²) in [5, 5.41) is 15.7. The number of non-ortho nitro benzene ring substituents is 1. The SMILES string of the molecule is Cc1[nH]c2ccccc2c1C(Nc1cccc([N+](=O)[O-])c1)c1cccnc1. The molecular weight excluding hydrogens is 340 g/mol. The van der Waals surface area contributed by atoms with Crippen molar-refractivity contribution >= 4 is 22.3 Å². The van der Waals surface area contributed by atoms with E-state index in [-0.39, 0.29) is 16.7 Å². The Hall–Kier alpha value is -3.67. The van der Waals surface area contributed by atoms with Crippen LogP contribution in [0.1, 0.15) is 22.9 Å². The molecule has 4 rings (SSSR count). The van der Waals surface area contributed by atoms with Crippen molar-refractivity contribution in [3.05, 3.63) is 100.0 Å². The molecular formula is C21H18N4O2. The highest BCUT2D eigenvalue weighted by Gasteiger charge is 2.21. The van der Waals surface area contributed by atoms with Crippen LogP contribution in [0, 0.1) is 17.0 Å². The van der Waals surface area contributed by atoms with E-state index in [1.807, 2.05) is 49.5 Å². The lowest BCUT2D eigenvalue weighted by atomic mass is 9.97. The molecule has 1 atom stereocenters. The minimum Gasteiger partial charge on any atom is -0.374 e. The Balaban J connectivity index is 1.84. The Morgan fingerprint density at radius 2 is 1.96 bits per heavy atom. The Morgan fingerprint density at radius 1 is 1.11 bits per heavy atom. The molecule has 27 heavy (non-hydrogen) atoms. The number of aryl methyl sites for hydroxylation is 1. The molecule has 6 heteroatoms. The smallest absolute Gasteiger partial charge is 0.271 e. The van der Waals surface area contributed by atoms with Gasteiger partial charge >= 0.3 is 0 Å². The minimum absolute atomic E-state index is 0.0561. The van der Waals surface area contributed by atoms with E-state index in [0.29, 0.717) is 5.69 Å². The number of H-pyrrole nitrogens is 1. The molecule has 0 spiro atoms. The van der Waals surface area contributed by atoms with Gasteiger partial charge in [-0.25, -0.2) is 0 Å². The number of nitrogens with one attached hydrogen (secondary N) is 2. The largest absolute Gasteiger partial charge is 0.374 e. The van der Waals surface area contributed by atoms with Crippen LogP contribution >= 0.6 is 0 Å². The summed E-state index contributed by atoms with van der Waals surface area (Å²) in [7, 11) is 0. The number of benzene rings is 2. The summed E-state index contributed by atoms with van der Waals surface area (Å²) in [5.74, 6) is 0. The summed E-state index contributed by atoms with van der Waals surface area (Å²) in [6.07, 6.45) is 3.55. The summed E-state index contributed by atoms with van der Waals surface area (Å²) in [5.41, 5.74) is 4.92. The lowest BCUT2D eigenvalue weighted by molar-refractivity contribution is -0.384. The summed E-state index contributed by atoms with van der Waals surface area (Å²) >= 11 is 0. The monoisotopic (exact) mass is 358 g/mol. The van der Waals surface area contributed by atoms with Gasteiger partial charge in [0.15, 0.2) is 0 Å². The fourth-order valence-electron chi connectivity index (χ4n) is 3.42. The standard InChI is InChI=1S/C21H18N4O2/c1-14-20(18-9-2-3-10-19(18)23-14)21(15-6-5-11-22-13-15)24-16-7-4-8-17(12-16)25(26)27/h2-13,21,23-24H,1H3. The molecule has 0 aliphatic heterocycles. The van der Waals surface area contributed by atoms with Gasteiger partial charge in [-0.1, -0.05) is 30.3 Å². The minimum atomic E-state index is -0.388. The van der Waals surface area contributed by atoms with Crippen LogP contribution in [0.5, 0.6) is 0 Å². The molecule has 0 saturated carbocycles. The van der Waals surface area contributed by atoms with Gasteiger partial charge < -0.3 is 10.3 Å². The van der Waals surface area contributed by atoms with E-state index in [4.69, 9.17) is 0 Å². The second-order valence-corrected chi connectivity index (χ2v) is 6.38. The highest BCUT2D eigenvalue weighted by Crippen LogP contribution is 2.34. The first-order valence-corrected chi connectivity index (χ1v) is 8.61. The van der Waals surface area contributed by atoms with Crippen molar-refractivity contribution in [3.8, 4) is 0 Å². The first kappa shape index (κ1) is 16.8. The number of aromatic amines is 1. The Labute approximate surface area is 156 Å². The Morgan fingerprint density at radius 3 is 2.74 bits per heavy atom. The second-order valence-electron chi connectivity index (χ2n) is 6.38. The van der Waals surface area contributed by atoms with Gasteiger partial charge in [0, 0.05) is 52.4 Å². The number of aromatic nitrogens is 2. The fraction of sp³-hybridized carbons (Fsp3) is 0.0952. The zero-order valence-corrected chi connectivity index (χ0v) is 14.7. The van der Waals surface area contributed by atoms with Gasteiger partial charge in [0.25, 0.3) is 5.69 Å². The summed E-state index contributed by atoms with van der Waals surface area (Å²) in [6, 6.07) is 18.4. The molecule has 0 radical (unpaired) electrons. The molecule has 2 aromatic heterocycles. The molecule has 2 N–H and O–H groups in total. The second kappa shape index (κ2) is 6.92. The highest BCUT2D eigenvalue weighted by molar-refractivity contribution is 5.86. The van der Waals surface area contributed by atoms with Crippen molar-refractivity contribution in [1.82, 2.24) is 9.97 Å². The molecule has 6 nitrogen and oxygen atoms in total. The lowest BCUT2D eigenvalue weighted by Crippen LogP contribution is -2.13. The summed E-state index contributed by atoms with van der Waals surface area (Å²) in [4.78, 5) is 18.4. The zero-order valence-electron chi connectivity index (χ0n) is 14.7. The third-order valence-corrected chi connectivity index (χ3v) is 4.62. The van der Waals surface area contributed by atoms with E-state index in [9.17, 15) is 10.1 Å². The van der Waals surface area contributed by atoms with Gasteiger partial charge in [-0.2, -0.15) is 0 Å². The average Bonchev–Trinajstić information content (AvgIpc) is 3.02. The van der Waals surface area contributed by atoms with Crippen molar-refractivity contribution in [2.45, 2.75) is 13.0 Å². The molecule has 2 aromatic carbocycles. The Bertz CT molecular complexity index is 1110. The number of hydrogen-bond donors (Lipinski definition) is 2. The van der Waals surface area contributed by atoms with Crippen molar-refractivity contribution in [3.63, 3.8) is 0 Å². The number of fused-ring (bicyclic) bond motifs is 1. The summed E-state index contributed by atoms with van der Waals surface area (Å²) < 4.78 is 0. The lowest BCUT2D eigenvalue weighted by Gasteiger charge is -2.21. The van der Waals surface area contributed by atoms with Gasteiger partial charge in [0.2, 0.25) is 0 Å². The molecule has 0 bridgehead atoms. The van der Waals surface area contributed by atoms with Crippen LogP contribution in [0.2, 0.25) is 0 Å². The van der Waals surface area contributed by atoms with Crippen molar-refractivity contribution < 1.29 is 4.92 Å². The number of rotatable bonds is 5. The van der Waals surface area contributed by atoms with E-state index < -0.39 is 0 Å². The van der Waals surface area contributed by atoms with E-state index in [1.54, 1.807) is 18.3 Å². The van der Waals surface area contributed by atoms with E-state index in [1.165, 1.54) is 6.07 Å². The topological polar surface area (TPSA) is 83.8 Å². The maximum absolute atomic E-state index is 11.1. The molecule has 0 saturated heterocycles. The zero-order chi connectivity index (χ0) is 18.8. The van der Waals surface area contributed by atoms with Gasteiger partial charge in [0.05, 0.1) is 11.0 Å². The molecule has 0 aliphatic rings. The third-order valence-electron chi connectivity index (χ3n) is 4.62. The number of nitrogens with zero attached hydrogens (tertiary/aromatic N) is 2. The normalized spacial score (nSPS) is 12.0. The molecule has 1 unspecified atom stereocenters. The maximum atomic E-state index is 11.1. The number of anilines is 1. The van der Waals surface area contributed by atoms with Crippen molar-refractivity contribution in [1.29, 1.82) is 0 Å². The van der Waals surface area contributed by atoms with Gasteiger partial charge in [-0.15, -0.1) is 0 Å². The number of nitro benzene ring substituents is 1. The number of para-hydroxylation sites is 1. The number of nitro groups is 1. The van der Waals surface area contributed by atoms with Gasteiger partial charge in [-0.05, 0) is 30.7 Å². The first-order chi connectivity index (χ1) is 13.1. The van der Waals surface area contributed by atoms with E-state index in [0.717, 1.165) is 27.7 Å². The van der Waals surface area contributed by atoms with Crippen LogP contribution in [0.4, 0.5) is 11.4 Å². The predicted octanol–water partition coefficient (Wildman–Crippen LogP) is 4.98. The Kier molecular flexibility index (Phi) is 4.30. The fourth-order valence-corrected chi connectivity index (χ4v) is 3.42. The number of hydrogen-bond acceptors (Lipinski definition) is 4. The first-order valence-electron chi connectivity index (χ1n) is 8.61. The van der Waals surface area contributed by atoms with Crippen LogP contribution in [0.25, 0.3) is 10.9 Å². The molecule has 134 valence electrons. The third kappa shape index (κ3) is 3.25. The maximum Gasteiger partial charge on any atom is 0.271 e. The van der Waals surface area contributed by atoms with Crippen LogP contribution < -0.4 is 5.32 Å². The van der Waals surface area contributed by atoms with Crippen molar-refractivity contribution in [2.24, 2.45) is 0 Å². The number of pyridine rings is 1. The van der Waals surface area contributed by atoms with E-state index in [2.05, 4.69) is 21.4 Å². The molecule has 2 heterocycles.